The van der Waals surface area contributed by atoms with Crippen LogP contribution in [-0.2, 0) is 32.7 Å². The Hall–Kier alpha value is -2.80. The fraction of sp³-hybridized carbons (Fsp3) is 0.310. The van der Waals surface area contributed by atoms with Gasteiger partial charge in [-0.05, 0) is 59.4 Å². The number of rotatable bonds is 5. The lowest BCUT2D eigenvalue weighted by atomic mass is 9.85. The SMILES string of the molecule is C.COc1cc2c(cc1OCc1ccccc1)C1Cc3c(n(CO)c4cc(Br)ccc34)CN1CC2. The van der Waals surface area contributed by atoms with Crippen LogP contribution in [0.4, 0.5) is 0 Å². The minimum Gasteiger partial charge on any atom is -0.493 e. The number of aliphatic hydroxyl groups excluding tert-OH is 1. The predicted octanol–water partition coefficient (Wildman–Crippen LogP) is 6.23. The first-order chi connectivity index (χ1) is 16.7. The zero-order valence-electron chi connectivity index (χ0n) is 19.1. The van der Waals surface area contributed by atoms with E-state index in [4.69, 9.17) is 9.47 Å². The maximum atomic E-state index is 10.2. The average molecular weight is 535 g/mol. The minimum absolute atomic E-state index is 0. The van der Waals surface area contributed by atoms with Gasteiger partial charge in [-0.25, -0.2) is 0 Å². The van der Waals surface area contributed by atoms with Crippen LogP contribution in [0, 0.1) is 0 Å². The molecule has 5 nitrogen and oxygen atoms in total. The van der Waals surface area contributed by atoms with Crippen molar-refractivity contribution in [3.63, 3.8) is 0 Å². The number of aromatic nitrogens is 1. The van der Waals surface area contributed by atoms with Crippen LogP contribution in [0.15, 0.2) is 65.1 Å². The Balaban J connectivity index is 0.00000253. The summed E-state index contributed by atoms with van der Waals surface area (Å²) in [6.07, 6.45) is 1.89. The van der Waals surface area contributed by atoms with Crippen LogP contribution in [-0.4, -0.2) is 28.2 Å². The number of halogens is 1. The van der Waals surface area contributed by atoms with Crippen molar-refractivity contribution < 1.29 is 14.6 Å². The molecule has 1 atom stereocenters. The highest BCUT2D eigenvalue weighted by Gasteiger charge is 2.36. The van der Waals surface area contributed by atoms with E-state index in [-0.39, 0.29) is 20.2 Å². The summed E-state index contributed by atoms with van der Waals surface area (Å²) < 4.78 is 15.0. The molecule has 1 N–H and O–H groups in total. The lowest BCUT2D eigenvalue weighted by Gasteiger charge is -2.41. The highest BCUT2D eigenvalue weighted by molar-refractivity contribution is 9.10. The Morgan fingerprint density at radius 2 is 1.89 bits per heavy atom. The summed E-state index contributed by atoms with van der Waals surface area (Å²) in [7, 11) is 1.71. The smallest absolute Gasteiger partial charge is 0.162 e. The van der Waals surface area contributed by atoms with Gasteiger partial charge in [0.2, 0.25) is 0 Å². The van der Waals surface area contributed by atoms with Crippen LogP contribution in [0.3, 0.4) is 0 Å². The van der Waals surface area contributed by atoms with Gasteiger partial charge < -0.3 is 19.1 Å². The molecule has 0 saturated carbocycles. The van der Waals surface area contributed by atoms with Crippen LogP contribution in [0.25, 0.3) is 10.9 Å². The molecule has 0 fully saturated rings. The van der Waals surface area contributed by atoms with Gasteiger partial charge >= 0.3 is 0 Å². The van der Waals surface area contributed by atoms with Crippen LogP contribution in [0.1, 0.15) is 41.4 Å². The molecule has 0 aliphatic carbocycles. The largest absolute Gasteiger partial charge is 0.493 e. The number of aliphatic hydroxyl groups is 1. The van der Waals surface area contributed by atoms with Gasteiger partial charge in [0, 0.05) is 34.7 Å². The monoisotopic (exact) mass is 534 g/mol. The van der Waals surface area contributed by atoms with E-state index in [1.54, 1.807) is 7.11 Å². The van der Waals surface area contributed by atoms with Gasteiger partial charge in [-0.15, -0.1) is 0 Å². The molecule has 6 rings (SSSR count). The van der Waals surface area contributed by atoms with Crippen LogP contribution >= 0.6 is 15.9 Å². The molecule has 182 valence electrons. The second kappa shape index (κ2) is 9.69. The molecule has 4 aromatic rings. The van der Waals surface area contributed by atoms with Crippen LogP contribution in [0.5, 0.6) is 11.5 Å². The molecule has 2 aliphatic heterocycles. The Kier molecular flexibility index (Phi) is 6.62. The van der Waals surface area contributed by atoms with Crippen molar-refractivity contribution in [3.05, 3.63) is 93.1 Å². The van der Waals surface area contributed by atoms with Crippen LogP contribution < -0.4 is 9.47 Å². The van der Waals surface area contributed by atoms with E-state index in [2.05, 4.69) is 67.9 Å². The van der Waals surface area contributed by atoms with E-state index in [0.717, 1.165) is 53.0 Å². The van der Waals surface area contributed by atoms with Gasteiger partial charge in [-0.2, -0.15) is 0 Å². The number of hydrogen-bond acceptors (Lipinski definition) is 4. The summed E-state index contributed by atoms with van der Waals surface area (Å²) in [5, 5.41) is 11.4. The molecule has 0 bridgehead atoms. The molecule has 0 saturated heterocycles. The zero-order chi connectivity index (χ0) is 23.2. The van der Waals surface area contributed by atoms with Crippen molar-refractivity contribution in [1.29, 1.82) is 0 Å². The first-order valence-electron chi connectivity index (χ1n) is 11.7. The molecule has 1 aromatic heterocycles. The molecule has 1 unspecified atom stereocenters. The standard InChI is InChI=1S/C28H27BrN2O3.CH4/c1-33-27-11-19-9-10-30-15-26-23(21-8-7-20(29)12-25(21)31(26)17-32)13-24(30)22(19)14-28(27)34-16-18-5-3-2-4-6-18;/h2-8,11-12,14,24,32H,9-10,13,15-17H2,1H3;1H4. The van der Waals surface area contributed by atoms with Crippen molar-refractivity contribution in [2.45, 2.75) is 46.2 Å². The second-order valence-electron chi connectivity index (χ2n) is 9.07. The Bertz CT molecular complexity index is 1370. The number of methoxy groups -OCH3 is 1. The third-order valence-electron chi connectivity index (χ3n) is 7.27. The van der Waals surface area contributed by atoms with E-state index in [1.807, 2.05) is 18.2 Å². The number of fused-ring (bicyclic) bond motifs is 6. The topological polar surface area (TPSA) is 46.9 Å². The summed E-state index contributed by atoms with van der Waals surface area (Å²) in [6.45, 7) is 2.32. The van der Waals surface area contributed by atoms with Crippen molar-refractivity contribution in [1.82, 2.24) is 9.47 Å². The maximum Gasteiger partial charge on any atom is 0.162 e. The van der Waals surface area contributed by atoms with Gasteiger partial charge in [0.15, 0.2) is 11.5 Å². The van der Waals surface area contributed by atoms with E-state index in [0.29, 0.717) is 6.61 Å². The van der Waals surface area contributed by atoms with Gasteiger partial charge in [0.05, 0.1) is 12.6 Å². The quantitative estimate of drug-likeness (QED) is 0.329. The van der Waals surface area contributed by atoms with E-state index in [1.165, 1.54) is 27.8 Å². The lowest BCUT2D eigenvalue weighted by molar-refractivity contribution is 0.145. The minimum atomic E-state index is -0.00788. The number of nitrogens with zero attached hydrogens (tertiary/aromatic N) is 2. The summed E-state index contributed by atoms with van der Waals surface area (Å²) in [5.74, 6) is 1.58. The van der Waals surface area contributed by atoms with Crippen LogP contribution in [0.2, 0.25) is 0 Å². The molecule has 3 aromatic carbocycles. The number of hydrogen-bond donors (Lipinski definition) is 1. The Morgan fingerprint density at radius 3 is 2.66 bits per heavy atom. The zero-order valence-corrected chi connectivity index (χ0v) is 20.7. The fourth-order valence-electron chi connectivity index (χ4n) is 5.60. The molecule has 0 amide bonds. The molecular weight excluding hydrogens is 504 g/mol. The highest BCUT2D eigenvalue weighted by Crippen LogP contribution is 2.45. The number of benzene rings is 3. The van der Waals surface area contributed by atoms with Crippen molar-refractivity contribution in [3.8, 4) is 11.5 Å². The highest BCUT2D eigenvalue weighted by atomic mass is 79.9. The van der Waals surface area contributed by atoms with Gasteiger partial charge in [0.25, 0.3) is 0 Å². The normalized spacial score (nSPS) is 16.7. The summed E-state index contributed by atoms with van der Waals surface area (Å²) >= 11 is 3.59. The third-order valence-corrected chi connectivity index (χ3v) is 7.77. The maximum absolute atomic E-state index is 10.2. The number of ether oxygens (including phenoxy) is 2. The second-order valence-corrected chi connectivity index (χ2v) is 9.99. The first kappa shape index (κ1) is 23.9. The van der Waals surface area contributed by atoms with Crippen molar-refractivity contribution in [2.24, 2.45) is 0 Å². The summed E-state index contributed by atoms with van der Waals surface area (Å²) in [4.78, 5) is 2.54. The van der Waals surface area contributed by atoms with Gasteiger partial charge in [-0.1, -0.05) is 59.8 Å². The average Bonchev–Trinajstić information content (AvgIpc) is 3.17. The van der Waals surface area contributed by atoms with E-state index in [9.17, 15) is 5.11 Å². The predicted molar refractivity (Wildman–Crippen MR) is 143 cm³/mol. The molecule has 35 heavy (non-hydrogen) atoms. The first-order valence-corrected chi connectivity index (χ1v) is 12.5. The van der Waals surface area contributed by atoms with Crippen molar-refractivity contribution >= 4 is 26.8 Å². The molecular formula is C29H31BrN2O3. The fourth-order valence-corrected chi connectivity index (χ4v) is 5.95. The molecule has 0 spiro atoms. The van der Waals surface area contributed by atoms with Crippen molar-refractivity contribution in [2.75, 3.05) is 13.7 Å². The van der Waals surface area contributed by atoms with Gasteiger partial charge in [-0.3, -0.25) is 4.90 Å². The summed E-state index contributed by atoms with van der Waals surface area (Å²) in [6, 6.07) is 21.2. The third kappa shape index (κ3) is 4.14. The Morgan fingerprint density at radius 1 is 1.06 bits per heavy atom. The van der Waals surface area contributed by atoms with E-state index >= 15 is 0 Å². The van der Waals surface area contributed by atoms with Gasteiger partial charge in [0.1, 0.15) is 13.3 Å². The molecule has 0 radical (unpaired) electrons. The molecule has 6 heteroatoms. The Labute approximate surface area is 215 Å². The lowest BCUT2D eigenvalue weighted by Crippen LogP contribution is -2.39. The van der Waals surface area contributed by atoms with E-state index < -0.39 is 0 Å². The summed E-state index contributed by atoms with van der Waals surface area (Å²) in [5.41, 5.74) is 7.44. The molecule has 2 aliphatic rings. The molecule has 3 heterocycles.